The summed E-state index contributed by atoms with van der Waals surface area (Å²) in [6.45, 7) is 2.82. The summed E-state index contributed by atoms with van der Waals surface area (Å²) in [4.78, 5) is 7.24. The lowest BCUT2D eigenvalue weighted by atomic mass is 10.0. The van der Waals surface area contributed by atoms with Crippen LogP contribution in [0.25, 0.3) is 0 Å². The minimum absolute atomic E-state index is 0.0212. The molecule has 0 saturated carbocycles. The average Bonchev–Trinajstić information content (AvgIpc) is 2.85. The second kappa shape index (κ2) is 5.98. The van der Waals surface area contributed by atoms with Gasteiger partial charge >= 0.3 is 0 Å². The van der Waals surface area contributed by atoms with Gasteiger partial charge in [0.2, 0.25) is 0 Å². The number of rotatable bonds is 5. The number of H-pyrrole nitrogens is 1. The molecule has 2 aromatic rings. The molecule has 0 aliphatic carbocycles. The van der Waals surface area contributed by atoms with Gasteiger partial charge in [-0.3, -0.25) is 0 Å². The third kappa shape index (κ3) is 3.09. The lowest BCUT2D eigenvalue weighted by Crippen LogP contribution is -2.23. The molecule has 1 aromatic heterocycles. The monoisotopic (exact) mass is 267 g/mol. The maximum absolute atomic E-state index is 13.5. The highest BCUT2D eigenvalue weighted by Gasteiger charge is 2.14. The van der Waals surface area contributed by atoms with Crippen LogP contribution in [-0.2, 0) is 6.42 Å². The molecule has 0 fully saturated rings. The van der Waals surface area contributed by atoms with Crippen LogP contribution in [0.1, 0.15) is 24.4 Å². The number of hydrogen-bond acceptors (Lipinski definition) is 2. The van der Waals surface area contributed by atoms with E-state index in [0.717, 1.165) is 17.9 Å². The maximum atomic E-state index is 13.5. The van der Waals surface area contributed by atoms with E-state index in [2.05, 4.69) is 15.3 Å². The minimum atomic E-state index is -0.392. The molecule has 2 N–H and O–H groups in total. The van der Waals surface area contributed by atoms with Crippen LogP contribution in [0, 0.1) is 5.82 Å². The van der Waals surface area contributed by atoms with Crippen molar-refractivity contribution in [2.45, 2.75) is 19.4 Å². The van der Waals surface area contributed by atoms with Gasteiger partial charge in [0.1, 0.15) is 11.6 Å². The fourth-order valence-electron chi connectivity index (χ4n) is 1.89. The Kier molecular flexibility index (Phi) is 4.33. The van der Waals surface area contributed by atoms with Gasteiger partial charge in [-0.25, -0.2) is 9.37 Å². The predicted octanol–water partition coefficient (Wildman–Crippen LogP) is 3.10. The van der Waals surface area contributed by atoms with Crippen LogP contribution in [0.3, 0.4) is 0 Å². The van der Waals surface area contributed by atoms with Crippen LogP contribution < -0.4 is 5.32 Å². The Morgan fingerprint density at radius 3 is 2.94 bits per heavy atom. The minimum Gasteiger partial charge on any atom is -0.349 e. The molecule has 96 valence electrons. The summed E-state index contributed by atoms with van der Waals surface area (Å²) in [6.07, 6.45) is 4.17. The number of nitrogens with one attached hydrogen (secondary N) is 2. The Morgan fingerprint density at radius 2 is 2.33 bits per heavy atom. The van der Waals surface area contributed by atoms with Crippen LogP contribution in [0.15, 0.2) is 30.6 Å². The third-order valence-electron chi connectivity index (χ3n) is 2.75. The summed E-state index contributed by atoms with van der Waals surface area (Å²) in [5.41, 5.74) is 0.871. The first-order chi connectivity index (χ1) is 8.70. The van der Waals surface area contributed by atoms with Gasteiger partial charge in [0.25, 0.3) is 0 Å². The first-order valence-corrected chi connectivity index (χ1v) is 6.25. The number of imidazole rings is 1. The highest BCUT2D eigenvalue weighted by molar-refractivity contribution is 6.30. The molecule has 1 atom stereocenters. The van der Waals surface area contributed by atoms with Gasteiger partial charge in [0.15, 0.2) is 0 Å². The van der Waals surface area contributed by atoms with Crippen LogP contribution in [-0.4, -0.2) is 16.5 Å². The smallest absolute Gasteiger partial charge is 0.142 e. The largest absolute Gasteiger partial charge is 0.349 e. The van der Waals surface area contributed by atoms with Crippen molar-refractivity contribution < 1.29 is 4.39 Å². The van der Waals surface area contributed by atoms with Crippen molar-refractivity contribution in [1.82, 2.24) is 15.3 Å². The van der Waals surface area contributed by atoms with Crippen molar-refractivity contribution in [3.05, 3.63) is 52.8 Å². The number of likely N-dealkylation sites (N-methyl/N-ethyl adjacent to an activating group) is 1. The first-order valence-electron chi connectivity index (χ1n) is 5.87. The van der Waals surface area contributed by atoms with Crippen molar-refractivity contribution in [2.24, 2.45) is 0 Å². The van der Waals surface area contributed by atoms with Crippen molar-refractivity contribution >= 4 is 11.6 Å². The van der Waals surface area contributed by atoms with E-state index >= 15 is 0 Å². The molecule has 18 heavy (non-hydrogen) atoms. The van der Waals surface area contributed by atoms with Crippen LogP contribution in [0.2, 0.25) is 5.02 Å². The zero-order valence-electron chi connectivity index (χ0n) is 10.1. The van der Waals surface area contributed by atoms with Crippen LogP contribution in [0.5, 0.6) is 0 Å². The van der Waals surface area contributed by atoms with Crippen molar-refractivity contribution in [2.75, 3.05) is 6.54 Å². The molecule has 3 nitrogen and oxygen atoms in total. The molecule has 0 amide bonds. The van der Waals surface area contributed by atoms with Gasteiger partial charge < -0.3 is 10.3 Å². The van der Waals surface area contributed by atoms with E-state index in [1.165, 1.54) is 6.07 Å². The number of benzene rings is 1. The number of aromatic nitrogens is 2. The number of aromatic amines is 1. The summed E-state index contributed by atoms with van der Waals surface area (Å²) >= 11 is 5.69. The highest BCUT2D eigenvalue weighted by atomic mass is 35.5. The average molecular weight is 268 g/mol. The van der Waals surface area contributed by atoms with E-state index in [0.29, 0.717) is 6.42 Å². The molecule has 1 aromatic carbocycles. The van der Waals surface area contributed by atoms with E-state index in [4.69, 9.17) is 11.6 Å². The quantitative estimate of drug-likeness (QED) is 0.874. The standard InChI is InChI=1S/C13H15ClFN3/c1-2-16-12(8-13-17-5-6-18-13)9-3-4-10(14)11(15)7-9/h3-7,12,16H,2,8H2,1H3,(H,17,18). The van der Waals surface area contributed by atoms with Crippen LogP contribution in [0.4, 0.5) is 4.39 Å². The molecular weight excluding hydrogens is 253 g/mol. The summed E-state index contributed by atoms with van der Waals surface area (Å²) in [5.74, 6) is 0.479. The van der Waals surface area contributed by atoms with Crippen molar-refractivity contribution in [3.8, 4) is 0 Å². The summed E-state index contributed by atoms with van der Waals surface area (Å²) < 4.78 is 13.5. The molecule has 0 aliphatic rings. The Labute approximate surface area is 110 Å². The molecule has 0 radical (unpaired) electrons. The molecule has 0 saturated heterocycles. The van der Waals surface area contributed by atoms with E-state index in [9.17, 15) is 4.39 Å². The second-order valence-electron chi connectivity index (χ2n) is 4.02. The molecule has 2 rings (SSSR count). The molecule has 0 spiro atoms. The highest BCUT2D eigenvalue weighted by Crippen LogP contribution is 2.22. The zero-order chi connectivity index (χ0) is 13.0. The van der Waals surface area contributed by atoms with E-state index in [1.807, 2.05) is 13.0 Å². The van der Waals surface area contributed by atoms with Crippen LogP contribution >= 0.6 is 11.6 Å². The van der Waals surface area contributed by atoms with E-state index in [1.54, 1.807) is 18.5 Å². The van der Waals surface area contributed by atoms with Gasteiger partial charge in [-0.1, -0.05) is 24.6 Å². The lowest BCUT2D eigenvalue weighted by molar-refractivity contribution is 0.533. The number of hydrogen-bond donors (Lipinski definition) is 2. The van der Waals surface area contributed by atoms with Gasteiger partial charge in [0, 0.05) is 24.9 Å². The van der Waals surface area contributed by atoms with Gasteiger partial charge in [0.05, 0.1) is 5.02 Å². The van der Waals surface area contributed by atoms with E-state index < -0.39 is 5.82 Å². The lowest BCUT2D eigenvalue weighted by Gasteiger charge is -2.17. The first kappa shape index (κ1) is 13.1. The molecule has 0 aliphatic heterocycles. The van der Waals surface area contributed by atoms with Crippen molar-refractivity contribution in [3.63, 3.8) is 0 Å². The van der Waals surface area contributed by atoms with Crippen molar-refractivity contribution in [1.29, 1.82) is 0 Å². The Bertz CT molecular complexity index is 499. The number of nitrogens with zero attached hydrogens (tertiary/aromatic N) is 1. The fraction of sp³-hybridized carbons (Fsp3) is 0.308. The van der Waals surface area contributed by atoms with E-state index in [-0.39, 0.29) is 11.1 Å². The molecular formula is C13H15ClFN3. The molecule has 5 heteroatoms. The predicted molar refractivity (Wildman–Crippen MR) is 70.1 cm³/mol. The van der Waals surface area contributed by atoms with Gasteiger partial charge in [-0.05, 0) is 24.2 Å². The fourth-order valence-corrected chi connectivity index (χ4v) is 2.00. The normalized spacial score (nSPS) is 12.6. The Morgan fingerprint density at radius 1 is 1.50 bits per heavy atom. The Hall–Kier alpha value is -1.39. The molecule has 1 heterocycles. The van der Waals surface area contributed by atoms with Gasteiger partial charge in [-0.15, -0.1) is 0 Å². The second-order valence-corrected chi connectivity index (χ2v) is 4.43. The summed E-state index contributed by atoms with van der Waals surface area (Å²) in [6, 6.07) is 4.91. The Balaban J connectivity index is 2.20. The zero-order valence-corrected chi connectivity index (χ0v) is 10.8. The third-order valence-corrected chi connectivity index (χ3v) is 3.06. The SMILES string of the molecule is CCNC(Cc1ncc[nH]1)c1ccc(Cl)c(F)c1. The molecule has 0 bridgehead atoms. The van der Waals surface area contributed by atoms with Gasteiger partial charge in [-0.2, -0.15) is 0 Å². The maximum Gasteiger partial charge on any atom is 0.142 e. The number of halogens is 2. The molecule has 1 unspecified atom stereocenters. The summed E-state index contributed by atoms with van der Waals surface area (Å²) in [7, 11) is 0. The topological polar surface area (TPSA) is 40.7 Å². The summed E-state index contributed by atoms with van der Waals surface area (Å²) in [5, 5.41) is 3.46.